The number of hydrogen-bond acceptors (Lipinski definition) is 5. The Hall–Kier alpha value is -3.22. The Morgan fingerprint density at radius 1 is 1.14 bits per heavy atom. The van der Waals surface area contributed by atoms with E-state index < -0.39 is 0 Å². The zero-order valence-electron chi connectivity index (χ0n) is 16.0. The lowest BCUT2D eigenvalue weighted by Crippen LogP contribution is -2.04. The number of methoxy groups -OCH3 is 1. The van der Waals surface area contributed by atoms with Gasteiger partial charge in [0.2, 0.25) is 0 Å². The molecule has 0 spiro atoms. The van der Waals surface area contributed by atoms with Gasteiger partial charge in [-0.25, -0.2) is 9.67 Å². The molecule has 1 saturated carbocycles. The molecule has 2 aromatic carbocycles. The maximum atomic E-state index is 5.66. The number of fused-ring (bicyclic) bond motifs is 1. The smallest absolute Gasteiger partial charge is 0.167 e. The molecular formula is C21H22N6O. The molecule has 1 N–H and O–H groups in total. The van der Waals surface area contributed by atoms with Crippen LogP contribution in [-0.4, -0.2) is 37.3 Å². The molecule has 0 radical (unpaired) electrons. The summed E-state index contributed by atoms with van der Waals surface area (Å²) in [6.45, 7) is 2.16. The Morgan fingerprint density at radius 3 is 2.68 bits per heavy atom. The van der Waals surface area contributed by atoms with Crippen molar-refractivity contribution in [3.8, 4) is 22.8 Å². The summed E-state index contributed by atoms with van der Waals surface area (Å²) in [7, 11) is 1.66. The van der Waals surface area contributed by atoms with E-state index in [0.717, 1.165) is 46.8 Å². The molecule has 28 heavy (non-hydrogen) atoms. The van der Waals surface area contributed by atoms with Gasteiger partial charge in [0.15, 0.2) is 11.6 Å². The number of nitrogens with one attached hydrogen (secondary N) is 1. The van der Waals surface area contributed by atoms with Crippen LogP contribution in [0, 0.1) is 5.92 Å². The summed E-state index contributed by atoms with van der Waals surface area (Å²) in [6.07, 6.45) is 4.38. The van der Waals surface area contributed by atoms with Crippen molar-refractivity contribution in [2.45, 2.75) is 32.6 Å². The minimum absolute atomic E-state index is 0.710. The Balaban J connectivity index is 1.73. The first-order valence-corrected chi connectivity index (χ1v) is 9.70. The van der Waals surface area contributed by atoms with Crippen LogP contribution in [0.5, 0.6) is 5.75 Å². The second kappa shape index (κ2) is 6.74. The van der Waals surface area contributed by atoms with Gasteiger partial charge in [0.05, 0.1) is 18.4 Å². The standard InChI is InChI=1S/C21H22N6O/c1-3-14-6-4-5-7-18(14)27-21(22-20(25-27)10-13-8-9-13)15-11-16-17(24-26-23-16)12-19(15)28-2/h4-7,11-13H,3,8-10H2,1-2H3,(H,23,24,26). The fourth-order valence-corrected chi connectivity index (χ4v) is 3.59. The number of ether oxygens (including phenoxy) is 1. The van der Waals surface area contributed by atoms with Crippen molar-refractivity contribution < 1.29 is 4.74 Å². The molecule has 2 aromatic heterocycles. The maximum Gasteiger partial charge on any atom is 0.167 e. The molecule has 0 aliphatic heterocycles. The number of nitrogens with zero attached hydrogens (tertiary/aromatic N) is 5. The molecule has 7 heteroatoms. The molecule has 7 nitrogen and oxygen atoms in total. The summed E-state index contributed by atoms with van der Waals surface area (Å²) in [4.78, 5) is 4.93. The van der Waals surface area contributed by atoms with Gasteiger partial charge >= 0.3 is 0 Å². The largest absolute Gasteiger partial charge is 0.496 e. The van der Waals surface area contributed by atoms with Crippen LogP contribution in [0.3, 0.4) is 0 Å². The van der Waals surface area contributed by atoms with Crippen LogP contribution >= 0.6 is 0 Å². The number of hydrogen-bond donors (Lipinski definition) is 1. The van der Waals surface area contributed by atoms with Crippen molar-refractivity contribution in [3.05, 3.63) is 47.8 Å². The molecule has 5 rings (SSSR count). The lowest BCUT2D eigenvalue weighted by molar-refractivity contribution is 0.416. The van der Waals surface area contributed by atoms with Crippen molar-refractivity contribution in [2.24, 2.45) is 5.92 Å². The average Bonchev–Trinajstić information content (AvgIpc) is 3.26. The van der Waals surface area contributed by atoms with Gasteiger partial charge in [-0.15, -0.1) is 0 Å². The van der Waals surface area contributed by atoms with Crippen LogP contribution in [0.25, 0.3) is 28.1 Å². The number of para-hydroxylation sites is 1. The predicted molar refractivity (Wildman–Crippen MR) is 107 cm³/mol. The van der Waals surface area contributed by atoms with Crippen molar-refractivity contribution in [3.63, 3.8) is 0 Å². The molecule has 0 saturated heterocycles. The summed E-state index contributed by atoms with van der Waals surface area (Å²) in [5.41, 5.74) is 4.69. The summed E-state index contributed by atoms with van der Waals surface area (Å²) < 4.78 is 7.62. The second-order valence-electron chi connectivity index (χ2n) is 7.26. The van der Waals surface area contributed by atoms with Gasteiger partial charge in [-0.2, -0.15) is 20.5 Å². The number of H-pyrrole nitrogens is 1. The van der Waals surface area contributed by atoms with E-state index in [1.165, 1.54) is 18.4 Å². The molecule has 4 aromatic rings. The van der Waals surface area contributed by atoms with Gasteiger partial charge in [0, 0.05) is 12.5 Å². The Morgan fingerprint density at radius 2 is 1.93 bits per heavy atom. The maximum absolute atomic E-state index is 5.66. The molecule has 0 bridgehead atoms. The third-order valence-electron chi connectivity index (χ3n) is 5.30. The van der Waals surface area contributed by atoms with Crippen LogP contribution < -0.4 is 4.74 Å². The third-order valence-corrected chi connectivity index (χ3v) is 5.30. The van der Waals surface area contributed by atoms with Crippen LogP contribution in [0.2, 0.25) is 0 Å². The molecule has 0 atom stereocenters. The minimum Gasteiger partial charge on any atom is -0.496 e. The minimum atomic E-state index is 0.710. The molecule has 0 amide bonds. The third kappa shape index (κ3) is 2.93. The predicted octanol–water partition coefficient (Wildman–Crippen LogP) is 3.73. The zero-order valence-corrected chi connectivity index (χ0v) is 16.0. The van der Waals surface area contributed by atoms with E-state index in [4.69, 9.17) is 14.8 Å². The molecule has 1 aliphatic carbocycles. The molecule has 1 aliphatic rings. The first-order chi connectivity index (χ1) is 13.8. The van der Waals surface area contributed by atoms with Crippen molar-refractivity contribution in [1.29, 1.82) is 0 Å². The molecule has 1 fully saturated rings. The lowest BCUT2D eigenvalue weighted by Gasteiger charge is -2.12. The lowest BCUT2D eigenvalue weighted by atomic mass is 10.1. The van der Waals surface area contributed by atoms with E-state index in [0.29, 0.717) is 11.7 Å². The normalized spacial score (nSPS) is 13.9. The molecular weight excluding hydrogens is 352 g/mol. The Bertz CT molecular complexity index is 1140. The average molecular weight is 374 g/mol. The highest BCUT2D eigenvalue weighted by Crippen LogP contribution is 2.36. The quantitative estimate of drug-likeness (QED) is 0.556. The number of aryl methyl sites for hydroxylation is 1. The van der Waals surface area contributed by atoms with E-state index in [1.54, 1.807) is 7.11 Å². The van der Waals surface area contributed by atoms with Crippen molar-refractivity contribution in [2.75, 3.05) is 7.11 Å². The monoisotopic (exact) mass is 374 g/mol. The summed E-state index contributed by atoms with van der Waals surface area (Å²) in [6, 6.07) is 12.2. The first-order valence-electron chi connectivity index (χ1n) is 9.70. The fraction of sp³-hybridized carbons (Fsp3) is 0.333. The fourth-order valence-electron chi connectivity index (χ4n) is 3.59. The van der Waals surface area contributed by atoms with Crippen molar-refractivity contribution >= 4 is 11.0 Å². The number of rotatable bonds is 6. The first kappa shape index (κ1) is 16.9. The van der Waals surface area contributed by atoms with Crippen molar-refractivity contribution in [1.82, 2.24) is 30.2 Å². The number of benzene rings is 2. The van der Waals surface area contributed by atoms with E-state index in [-0.39, 0.29) is 0 Å². The molecule has 2 heterocycles. The molecule has 0 unspecified atom stereocenters. The highest BCUT2D eigenvalue weighted by Gasteiger charge is 2.26. The van der Waals surface area contributed by atoms with Crippen LogP contribution in [0.15, 0.2) is 36.4 Å². The van der Waals surface area contributed by atoms with Crippen LogP contribution in [0.4, 0.5) is 0 Å². The Kier molecular flexibility index (Phi) is 4.07. The Labute approximate surface area is 162 Å². The van der Waals surface area contributed by atoms with Crippen LogP contribution in [0.1, 0.15) is 31.2 Å². The summed E-state index contributed by atoms with van der Waals surface area (Å²) in [5.74, 6) is 3.08. The highest BCUT2D eigenvalue weighted by molar-refractivity contribution is 5.84. The SMILES string of the molecule is CCc1ccccc1-n1nc(CC2CC2)nc1-c1cc2n[nH]nc2cc1OC. The number of aromatic amines is 1. The highest BCUT2D eigenvalue weighted by atomic mass is 16.5. The van der Waals surface area contributed by atoms with Crippen LogP contribution in [-0.2, 0) is 12.8 Å². The zero-order chi connectivity index (χ0) is 19.1. The number of aromatic nitrogens is 6. The van der Waals surface area contributed by atoms with Gasteiger partial charge in [0.25, 0.3) is 0 Å². The topological polar surface area (TPSA) is 81.5 Å². The summed E-state index contributed by atoms with van der Waals surface area (Å²) in [5, 5.41) is 16.0. The van der Waals surface area contributed by atoms with Gasteiger partial charge in [-0.1, -0.05) is 25.1 Å². The van der Waals surface area contributed by atoms with Gasteiger partial charge in [-0.05, 0) is 42.9 Å². The van der Waals surface area contributed by atoms with E-state index >= 15 is 0 Å². The van der Waals surface area contributed by atoms with E-state index in [2.05, 4.69) is 40.5 Å². The second-order valence-corrected chi connectivity index (χ2v) is 7.26. The molecule has 142 valence electrons. The van der Waals surface area contributed by atoms with Gasteiger partial charge in [-0.3, -0.25) is 0 Å². The van der Waals surface area contributed by atoms with Gasteiger partial charge < -0.3 is 4.74 Å². The van der Waals surface area contributed by atoms with E-state index in [1.807, 2.05) is 22.9 Å². The van der Waals surface area contributed by atoms with E-state index in [9.17, 15) is 0 Å². The summed E-state index contributed by atoms with van der Waals surface area (Å²) >= 11 is 0. The van der Waals surface area contributed by atoms with Gasteiger partial charge in [0.1, 0.15) is 16.8 Å².